The summed E-state index contributed by atoms with van der Waals surface area (Å²) in [5, 5.41) is 30.9. The van der Waals surface area contributed by atoms with Gasteiger partial charge in [0, 0.05) is 13.1 Å². The van der Waals surface area contributed by atoms with E-state index in [2.05, 4.69) is 60.3 Å². The van der Waals surface area contributed by atoms with Gasteiger partial charge in [-0.1, -0.05) is 49.9 Å². The maximum atomic E-state index is 14.3. The first-order valence-electron chi connectivity index (χ1n) is 29.7. The molecule has 2 aromatic carbocycles. The predicted octanol–water partition coefficient (Wildman–Crippen LogP) is 0.0730. The molecular formula is C52H82N10O16S6. The second kappa shape index (κ2) is 25.5. The summed E-state index contributed by atoms with van der Waals surface area (Å²) in [6.45, 7) is -1.38. The lowest BCUT2D eigenvalue weighted by molar-refractivity contribution is 0.168. The lowest BCUT2D eigenvalue weighted by atomic mass is 9.76. The van der Waals surface area contributed by atoms with Crippen LogP contribution in [0.4, 0.5) is 0 Å². The SMILES string of the molecule is O=S(=O)(O)OCCS(=O)(=O)c1ccc(CCNS(=O)(=O)C2CCC3C4NC5NC(NC6NC(NC7NC(NC(N4)C3C2)C2CC(S(=O)(=O)NCCc3ccc(S(=O)(=O)CCOS(=O)(=O)O)cc3)CCC72)C2CCCCC62)C2CCCCC52)cc1. The number of sulfonamides is 2. The number of benzene rings is 2. The predicted molar refractivity (Wildman–Crippen MR) is 309 cm³/mol. The van der Waals surface area contributed by atoms with Crippen LogP contribution in [0, 0.1) is 47.3 Å². The van der Waals surface area contributed by atoms with E-state index in [1.165, 1.54) is 37.1 Å². The van der Waals surface area contributed by atoms with Gasteiger partial charge in [-0.2, -0.15) is 16.8 Å². The molecule has 0 radical (unpaired) electrons. The number of hydrogen-bond acceptors (Lipinski definition) is 22. The van der Waals surface area contributed by atoms with E-state index in [1.807, 2.05) is 0 Å². The second-order valence-corrected chi connectivity index (χ2v) is 35.2. The summed E-state index contributed by atoms with van der Waals surface area (Å²) in [7, 11) is -25.2. The Morgan fingerprint density at radius 3 is 0.940 bits per heavy atom. The Morgan fingerprint density at radius 1 is 0.381 bits per heavy atom. The molecule has 4 aliphatic carbocycles. The topological polar surface area (TPSA) is 384 Å². The maximum Gasteiger partial charge on any atom is 0.397 e. The van der Waals surface area contributed by atoms with E-state index in [1.54, 1.807) is 24.3 Å². The molecule has 5 heterocycles. The molecule has 9 fully saturated rings. The van der Waals surface area contributed by atoms with Gasteiger partial charge >= 0.3 is 20.8 Å². The van der Waals surface area contributed by atoms with Crippen molar-refractivity contribution in [3.63, 3.8) is 0 Å². The molecule has 0 amide bonds. The van der Waals surface area contributed by atoms with Crippen LogP contribution in [0.5, 0.6) is 0 Å². The van der Waals surface area contributed by atoms with E-state index in [0.29, 0.717) is 73.3 Å². The molecule has 18 atom stereocenters. The second-order valence-electron chi connectivity index (χ2n) is 24.7. The standard InChI is InChI=1S/C52H82N10O16S6/c63-79(64,27-25-77-83(71,72)73)33-13-9-31(10-14-33)21-23-53-81(67,68)35-17-19-41-43(29-35)51-60-49(41)58-47-39-7-3-1-5-37(39)45(56-47)55-46-38-6-2-4-8-40(38)48(57-46)59-50-42-20-18-36(30-44(42)52(61-50)62-51)82(69,70)54-24-22-32-11-15-34(16-12-32)80(65,66)28-26-78-84(74,75)76/h9-16,35-62H,1-8,17-30H2,(H,71,72,73)(H,74,75,76). The Hall–Kier alpha value is -2.42. The number of rotatable bonds is 20. The molecule has 11 rings (SSSR count). The van der Waals surface area contributed by atoms with Crippen molar-refractivity contribution in [3.8, 4) is 0 Å². The van der Waals surface area contributed by atoms with E-state index in [-0.39, 0.29) is 109 Å². The van der Waals surface area contributed by atoms with Gasteiger partial charge in [-0.25, -0.2) is 51.5 Å². The molecule has 0 aromatic heterocycles. The molecule has 12 N–H and O–H groups in total. The zero-order valence-electron chi connectivity index (χ0n) is 46.6. The van der Waals surface area contributed by atoms with Gasteiger partial charge in [0.25, 0.3) is 0 Å². The molecule has 2 aromatic rings. The highest BCUT2D eigenvalue weighted by atomic mass is 32.3. The molecule has 8 bridgehead atoms. The Morgan fingerprint density at radius 2 is 0.655 bits per heavy atom. The summed E-state index contributed by atoms with van der Waals surface area (Å²) >= 11 is 0. The molecule has 5 aliphatic heterocycles. The van der Waals surface area contributed by atoms with Crippen molar-refractivity contribution >= 4 is 60.5 Å². The Bertz CT molecular complexity index is 3140. The molecule has 84 heavy (non-hydrogen) atoms. The molecule has 0 spiro atoms. The number of hydrogen-bond donors (Lipinski definition) is 12. The van der Waals surface area contributed by atoms with Crippen LogP contribution in [-0.4, -0.2) is 157 Å². The summed E-state index contributed by atoms with van der Waals surface area (Å²) in [6, 6.07) is 11.7. The van der Waals surface area contributed by atoms with E-state index in [0.717, 1.165) is 38.5 Å². The summed E-state index contributed by atoms with van der Waals surface area (Å²) < 4.78 is 184. The van der Waals surface area contributed by atoms with Gasteiger partial charge in [0.1, 0.15) is 0 Å². The van der Waals surface area contributed by atoms with Crippen LogP contribution >= 0.6 is 0 Å². The molecule has 472 valence electrons. The van der Waals surface area contributed by atoms with Crippen LogP contribution in [-0.2, 0) is 81.7 Å². The van der Waals surface area contributed by atoms with Gasteiger partial charge in [0.05, 0.1) is 94.3 Å². The van der Waals surface area contributed by atoms with E-state index >= 15 is 0 Å². The van der Waals surface area contributed by atoms with Crippen molar-refractivity contribution in [1.29, 1.82) is 0 Å². The molecule has 32 heteroatoms. The average molecular weight is 1300 g/mol. The molecule has 26 nitrogen and oxygen atoms in total. The maximum absolute atomic E-state index is 14.3. The molecule has 18 unspecified atom stereocenters. The summed E-state index contributed by atoms with van der Waals surface area (Å²) in [4.78, 5) is -0.156. The van der Waals surface area contributed by atoms with Crippen molar-refractivity contribution in [2.75, 3.05) is 37.8 Å². The van der Waals surface area contributed by atoms with E-state index < -0.39 is 95.7 Å². The van der Waals surface area contributed by atoms with Crippen LogP contribution in [0.3, 0.4) is 0 Å². The number of fused-ring (bicyclic) bond motifs is 20. The van der Waals surface area contributed by atoms with Gasteiger partial charge in [0.2, 0.25) is 20.0 Å². The Kier molecular flexibility index (Phi) is 19.1. The van der Waals surface area contributed by atoms with Crippen LogP contribution < -0.4 is 52.0 Å². The fourth-order valence-electron chi connectivity index (χ4n) is 15.8. The fourth-order valence-corrected chi connectivity index (χ4v) is 21.9. The lowest BCUT2D eigenvalue weighted by Gasteiger charge is -2.38. The zero-order valence-corrected chi connectivity index (χ0v) is 51.5. The first-order valence-corrected chi connectivity index (χ1v) is 38.8. The number of nitrogens with one attached hydrogen (secondary N) is 10. The first-order chi connectivity index (χ1) is 39.8. The summed E-state index contributed by atoms with van der Waals surface area (Å²) in [5.74, 6) is 0.215. The Labute approximate surface area is 494 Å². The minimum absolute atomic E-state index is 0.0189. The first kappa shape index (κ1) is 63.2. The third kappa shape index (κ3) is 14.6. The molecule has 4 saturated carbocycles. The van der Waals surface area contributed by atoms with Crippen LogP contribution in [0.1, 0.15) is 101 Å². The fraction of sp³-hybridized carbons (Fsp3) is 0.769. The third-order valence-corrected chi connectivity index (χ3v) is 28.0. The third-order valence-electron chi connectivity index (χ3n) is 19.9. The van der Waals surface area contributed by atoms with Crippen molar-refractivity contribution < 1.29 is 68.0 Å². The van der Waals surface area contributed by atoms with Crippen molar-refractivity contribution in [1.82, 2.24) is 52.0 Å². The van der Waals surface area contributed by atoms with Gasteiger partial charge in [-0.15, -0.1) is 0 Å². The minimum atomic E-state index is -4.80. The van der Waals surface area contributed by atoms with Crippen molar-refractivity contribution in [2.45, 2.75) is 172 Å². The lowest BCUT2D eigenvalue weighted by Crippen LogP contribution is -2.61. The van der Waals surface area contributed by atoms with Crippen molar-refractivity contribution in [3.05, 3.63) is 59.7 Å². The normalized spacial score (nSPS) is 36.5. The zero-order chi connectivity index (χ0) is 59.4. The van der Waals surface area contributed by atoms with Gasteiger partial charge in [-0.3, -0.25) is 51.6 Å². The molecular weight excluding hydrogens is 1210 g/mol. The molecule has 5 saturated heterocycles. The monoisotopic (exact) mass is 1290 g/mol. The van der Waals surface area contributed by atoms with Crippen LogP contribution in [0.2, 0.25) is 0 Å². The Balaban J connectivity index is 0.795. The van der Waals surface area contributed by atoms with Crippen LogP contribution in [0.15, 0.2) is 58.3 Å². The average Bonchev–Trinajstić information content (AvgIpc) is 2.91. The van der Waals surface area contributed by atoms with Crippen LogP contribution in [0.25, 0.3) is 0 Å². The van der Waals surface area contributed by atoms with E-state index in [4.69, 9.17) is 9.11 Å². The van der Waals surface area contributed by atoms with Gasteiger partial charge < -0.3 is 0 Å². The quantitative estimate of drug-likeness (QED) is 0.0781. The smallest absolute Gasteiger partial charge is 0.286 e. The highest BCUT2D eigenvalue weighted by Crippen LogP contribution is 2.47. The highest BCUT2D eigenvalue weighted by molar-refractivity contribution is 7.92. The summed E-state index contributed by atoms with van der Waals surface area (Å²) in [6.07, 6.45) is 11.9. The largest absolute Gasteiger partial charge is 0.397 e. The van der Waals surface area contributed by atoms with Crippen molar-refractivity contribution in [2.24, 2.45) is 47.3 Å². The molecule has 9 aliphatic rings. The highest BCUT2D eigenvalue weighted by Gasteiger charge is 2.56. The van der Waals surface area contributed by atoms with E-state index in [9.17, 15) is 50.5 Å². The minimum Gasteiger partial charge on any atom is -0.286 e. The van der Waals surface area contributed by atoms with Gasteiger partial charge in [-0.05, 0) is 160 Å². The summed E-state index contributed by atoms with van der Waals surface area (Å²) in [5.41, 5.74) is 1.36. The number of sulfone groups is 2. The van der Waals surface area contributed by atoms with Gasteiger partial charge in [0.15, 0.2) is 19.7 Å².